The lowest BCUT2D eigenvalue weighted by molar-refractivity contribution is -0.119. The van der Waals surface area contributed by atoms with E-state index in [9.17, 15) is 4.79 Å². The summed E-state index contributed by atoms with van der Waals surface area (Å²) >= 11 is 13.3. The van der Waals surface area contributed by atoms with Gasteiger partial charge in [0, 0.05) is 12.0 Å². The maximum atomic E-state index is 11.5. The zero-order chi connectivity index (χ0) is 18.8. The van der Waals surface area contributed by atoms with E-state index in [1.807, 2.05) is 0 Å². The second-order valence-corrected chi connectivity index (χ2v) is 7.26. The van der Waals surface area contributed by atoms with E-state index in [1.165, 1.54) is 37.7 Å². The van der Waals surface area contributed by atoms with Gasteiger partial charge < -0.3 is 14.2 Å². The molecule has 1 unspecified atom stereocenters. The van der Waals surface area contributed by atoms with Gasteiger partial charge in [0.25, 0.3) is 0 Å². The fourth-order valence-corrected chi connectivity index (χ4v) is 4.28. The van der Waals surface area contributed by atoms with E-state index in [1.54, 1.807) is 12.1 Å². The minimum absolute atomic E-state index is 0.276. The summed E-state index contributed by atoms with van der Waals surface area (Å²) in [4.78, 5) is 16.2. The molecule has 26 heavy (non-hydrogen) atoms. The van der Waals surface area contributed by atoms with E-state index >= 15 is 0 Å². The second-order valence-electron chi connectivity index (χ2n) is 5.29. The Labute approximate surface area is 164 Å². The molecule has 138 valence electrons. The first-order chi connectivity index (χ1) is 12.5. The van der Waals surface area contributed by atoms with Crippen LogP contribution in [0, 0.1) is 0 Å². The van der Waals surface area contributed by atoms with Crippen molar-refractivity contribution in [1.29, 1.82) is 0 Å². The predicted octanol–water partition coefficient (Wildman–Crippen LogP) is 3.78. The van der Waals surface area contributed by atoms with Gasteiger partial charge in [-0.05, 0) is 12.1 Å². The number of amides is 1. The van der Waals surface area contributed by atoms with Crippen LogP contribution in [0.3, 0.4) is 0 Å². The number of hydrazone groups is 1. The molecule has 1 aliphatic heterocycles. The number of thiazole rings is 1. The molecule has 0 saturated heterocycles. The van der Waals surface area contributed by atoms with Crippen LogP contribution in [0.25, 0.3) is 0 Å². The molecule has 0 saturated carbocycles. The second kappa shape index (κ2) is 7.69. The number of hydrogen-bond acceptors (Lipinski definition) is 7. The first-order valence-corrected chi connectivity index (χ1v) is 9.02. The number of methoxy groups -OCH3 is 3. The lowest BCUT2D eigenvalue weighted by Gasteiger charge is -2.15. The van der Waals surface area contributed by atoms with Crippen LogP contribution in [0.5, 0.6) is 17.2 Å². The molecule has 0 spiro atoms. The molecular formula is C16H15Cl2N3O4S. The van der Waals surface area contributed by atoms with E-state index in [0.29, 0.717) is 45.1 Å². The van der Waals surface area contributed by atoms with Crippen molar-refractivity contribution in [2.75, 3.05) is 21.3 Å². The van der Waals surface area contributed by atoms with Gasteiger partial charge >= 0.3 is 0 Å². The molecule has 7 nitrogen and oxygen atoms in total. The highest BCUT2D eigenvalue weighted by Gasteiger charge is 2.33. The Balaban J connectivity index is 2.00. The van der Waals surface area contributed by atoms with Crippen LogP contribution in [0.4, 0.5) is 0 Å². The van der Waals surface area contributed by atoms with Crippen molar-refractivity contribution in [2.24, 2.45) is 5.10 Å². The van der Waals surface area contributed by atoms with Gasteiger partial charge in [-0.3, -0.25) is 4.79 Å². The number of carbonyl (C=O) groups excluding carboxylic acids is 1. The van der Waals surface area contributed by atoms with Gasteiger partial charge in [0.05, 0.1) is 38.0 Å². The molecular weight excluding hydrogens is 401 g/mol. The summed E-state index contributed by atoms with van der Waals surface area (Å²) in [6, 6.07) is 3.21. The lowest BCUT2D eigenvalue weighted by Crippen LogP contribution is -2.16. The minimum atomic E-state index is -0.362. The van der Waals surface area contributed by atoms with Gasteiger partial charge in [0.1, 0.15) is 5.15 Å². The average molecular weight is 416 g/mol. The molecule has 2 aromatic rings. The van der Waals surface area contributed by atoms with Gasteiger partial charge in [-0.1, -0.05) is 23.2 Å². The average Bonchev–Trinajstić information content (AvgIpc) is 3.22. The third kappa shape index (κ3) is 3.32. The molecule has 1 atom stereocenters. The van der Waals surface area contributed by atoms with Crippen molar-refractivity contribution in [1.82, 2.24) is 9.99 Å². The van der Waals surface area contributed by atoms with E-state index < -0.39 is 0 Å². The molecule has 1 aromatic heterocycles. The Bertz CT molecular complexity index is 846. The number of ether oxygens (including phenoxy) is 3. The number of nitrogens with zero attached hydrogens (tertiary/aromatic N) is 3. The molecule has 0 aliphatic carbocycles. The number of hydrogen-bond donors (Lipinski definition) is 0. The summed E-state index contributed by atoms with van der Waals surface area (Å²) in [6.45, 7) is 0. The Morgan fingerprint density at radius 1 is 1.19 bits per heavy atom. The number of aromatic nitrogens is 1. The molecule has 10 heteroatoms. The molecule has 0 bridgehead atoms. The number of carbonyl (C=O) groups is 1. The Morgan fingerprint density at radius 3 is 2.31 bits per heavy atom. The van der Waals surface area contributed by atoms with Crippen LogP contribution in [0.2, 0.25) is 9.62 Å². The first kappa shape index (κ1) is 18.8. The fraction of sp³-hybridized carbons (Fsp3) is 0.312. The normalized spacial score (nSPS) is 16.4. The number of rotatable bonds is 6. The van der Waals surface area contributed by atoms with Crippen molar-refractivity contribution in [3.63, 3.8) is 0 Å². The van der Waals surface area contributed by atoms with Gasteiger partial charge in [0.2, 0.25) is 12.2 Å². The van der Waals surface area contributed by atoms with Crippen molar-refractivity contribution in [3.05, 3.63) is 32.2 Å². The van der Waals surface area contributed by atoms with E-state index in [0.717, 1.165) is 5.56 Å². The summed E-state index contributed by atoms with van der Waals surface area (Å²) < 4.78 is 16.4. The van der Waals surface area contributed by atoms with Crippen LogP contribution in [-0.2, 0) is 4.79 Å². The number of benzene rings is 1. The SMILES string of the molecule is COc1cc(C2=NN(C=O)C(c3sc(Cl)nc3Cl)C2)cc(OC)c1OC. The molecule has 0 radical (unpaired) electrons. The van der Waals surface area contributed by atoms with Gasteiger partial charge in [-0.15, -0.1) is 11.3 Å². The maximum absolute atomic E-state index is 11.5. The molecule has 0 N–H and O–H groups in total. The van der Waals surface area contributed by atoms with Crippen molar-refractivity contribution in [3.8, 4) is 17.2 Å². The fourth-order valence-electron chi connectivity index (χ4n) is 2.75. The van der Waals surface area contributed by atoms with Gasteiger partial charge in [-0.2, -0.15) is 5.10 Å². The highest BCUT2D eigenvalue weighted by atomic mass is 35.5. The van der Waals surface area contributed by atoms with Crippen LogP contribution in [0.1, 0.15) is 22.9 Å². The largest absolute Gasteiger partial charge is 0.493 e. The van der Waals surface area contributed by atoms with Crippen molar-refractivity contribution in [2.45, 2.75) is 12.5 Å². The lowest BCUT2D eigenvalue weighted by atomic mass is 10.0. The summed E-state index contributed by atoms with van der Waals surface area (Å²) in [5.74, 6) is 1.49. The molecule has 2 heterocycles. The summed E-state index contributed by atoms with van der Waals surface area (Å²) in [6.07, 6.45) is 1.11. The van der Waals surface area contributed by atoms with Crippen LogP contribution in [-0.4, -0.2) is 43.4 Å². The number of halogens is 2. The summed E-state index contributed by atoms with van der Waals surface area (Å²) in [5.41, 5.74) is 1.43. The Hall–Kier alpha value is -2.03. The topological polar surface area (TPSA) is 73.2 Å². The monoisotopic (exact) mass is 415 g/mol. The Morgan fingerprint density at radius 2 is 1.85 bits per heavy atom. The third-order valence-corrected chi connectivity index (χ3v) is 5.60. The quantitative estimate of drug-likeness (QED) is 0.671. The molecule has 0 fully saturated rings. The van der Waals surface area contributed by atoms with E-state index in [2.05, 4.69) is 10.1 Å². The predicted molar refractivity (Wildman–Crippen MR) is 100 cm³/mol. The zero-order valence-electron chi connectivity index (χ0n) is 14.2. The van der Waals surface area contributed by atoms with E-state index in [-0.39, 0.29) is 11.2 Å². The molecule has 3 rings (SSSR count). The van der Waals surface area contributed by atoms with Crippen LogP contribution >= 0.6 is 34.5 Å². The summed E-state index contributed by atoms with van der Waals surface area (Å²) in [5, 5.41) is 5.99. The summed E-state index contributed by atoms with van der Waals surface area (Å²) in [7, 11) is 4.61. The van der Waals surface area contributed by atoms with E-state index in [4.69, 9.17) is 37.4 Å². The Kier molecular flexibility index (Phi) is 5.55. The van der Waals surface area contributed by atoms with Crippen LogP contribution in [0.15, 0.2) is 17.2 Å². The first-order valence-electron chi connectivity index (χ1n) is 7.45. The van der Waals surface area contributed by atoms with Crippen molar-refractivity contribution >= 4 is 46.7 Å². The third-order valence-electron chi connectivity index (χ3n) is 3.93. The van der Waals surface area contributed by atoms with Gasteiger partial charge in [0.15, 0.2) is 16.0 Å². The molecule has 1 amide bonds. The highest BCUT2D eigenvalue weighted by Crippen LogP contribution is 2.43. The van der Waals surface area contributed by atoms with Crippen LogP contribution < -0.4 is 14.2 Å². The zero-order valence-corrected chi connectivity index (χ0v) is 16.5. The maximum Gasteiger partial charge on any atom is 0.230 e. The van der Waals surface area contributed by atoms with Crippen molar-refractivity contribution < 1.29 is 19.0 Å². The van der Waals surface area contributed by atoms with Gasteiger partial charge in [-0.25, -0.2) is 9.99 Å². The standard InChI is InChI=1S/C16H15Cl2N3O4S/c1-23-11-4-8(5-12(24-2)13(11)25-3)9-6-10(21(7-22)20-9)14-15(17)19-16(18)26-14/h4-5,7,10H,6H2,1-3H3. The smallest absolute Gasteiger partial charge is 0.230 e. The highest BCUT2D eigenvalue weighted by molar-refractivity contribution is 7.16. The minimum Gasteiger partial charge on any atom is -0.493 e. The molecule has 1 aromatic carbocycles. The molecule has 1 aliphatic rings.